The van der Waals surface area contributed by atoms with Gasteiger partial charge in [-0.15, -0.1) is 11.3 Å². The van der Waals surface area contributed by atoms with E-state index in [2.05, 4.69) is 10.3 Å². The van der Waals surface area contributed by atoms with Crippen LogP contribution in [0.5, 0.6) is 0 Å². The largest absolute Gasteiger partial charge is 0.335 e. The van der Waals surface area contributed by atoms with Crippen molar-refractivity contribution in [3.05, 3.63) is 35.5 Å². The van der Waals surface area contributed by atoms with E-state index in [4.69, 9.17) is 0 Å². The normalized spacial score (nSPS) is 10.9. The Balaban J connectivity index is 2.38. The van der Waals surface area contributed by atoms with Crippen molar-refractivity contribution in [2.24, 2.45) is 0 Å². The van der Waals surface area contributed by atoms with Gasteiger partial charge in [0, 0.05) is 23.2 Å². The number of nitrogens with one attached hydrogen (secondary N) is 1. The molecule has 0 aliphatic heterocycles. The zero-order valence-electron chi connectivity index (χ0n) is 7.31. The molecule has 0 saturated heterocycles. The fourth-order valence-electron chi connectivity index (χ4n) is 1.19. The van der Waals surface area contributed by atoms with Crippen LogP contribution in [0.4, 0.5) is 0 Å². The highest BCUT2D eigenvalue weighted by molar-refractivity contribution is 7.17. The first-order valence-corrected chi connectivity index (χ1v) is 4.98. The molecule has 2 heterocycles. The summed E-state index contributed by atoms with van der Waals surface area (Å²) in [6.45, 7) is 0. The molecule has 3 nitrogen and oxygen atoms in total. The third-order valence-electron chi connectivity index (χ3n) is 1.81. The average molecular weight is 204 g/mol. The molecule has 1 N–H and O–H groups in total. The zero-order valence-corrected chi connectivity index (χ0v) is 8.12. The third kappa shape index (κ3) is 1.65. The van der Waals surface area contributed by atoms with Crippen LogP contribution in [-0.2, 0) is 4.79 Å². The Morgan fingerprint density at radius 3 is 3.29 bits per heavy atom. The van der Waals surface area contributed by atoms with Crippen molar-refractivity contribution in [3.8, 4) is 0 Å². The quantitative estimate of drug-likeness (QED) is 0.777. The van der Waals surface area contributed by atoms with Crippen LogP contribution in [-0.4, -0.2) is 11.4 Å². The van der Waals surface area contributed by atoms with Crippen LogP contribution in [0, 0.1) is 0 Å². The molecule has 0 aliphatic rings. The first-order valence-electron chi connectivity index (χ1n) is 4.10. The lowest BCUT2D eigenvalue weighted by atomic mass is 10.2. The summed E-state index contributed by atoms with van der Waals surface area (Å²) in [6, 6.07) is 3.92. The van der Waals surface area contributed by atoms with Gasteiger partial charge in [0.05, 0.1) is 0 Å². The Hall–Kier alpha value is -1.68. The van der Waals surface area contributed by atoms with Crippen molar-refractivity contribution in [2.45, 2.75) is 0 Å². The molecule has 0 aromatic carbocycles. The van der Waals surface area contributed by atoms with Gasteiger partial charge in [-0.05, 0) is 23.8 Å². The molecule has 0 saturated carbocycles. The lowest BCUT2D eigenvalue weighted by Gasteiger charge is -1.89. The van der Waals surface area contributed by atoms with E-state index in [9.17, 15) is 4.79 Å². The van der Waals surface area contributed by atoms with Gasteiger partial charge in [-0.25, -0.2) is 4.98 Å². The van der Waals surface area contributed by atoms with Gasteiger partial charge in [-0.2, -0.15) is 0 Å². The van der Waals surface area contributed by atoms with Crippen molar-refractivity contribution in [3.63, 3.8) is 0 Å². The fraction of sp³-hybridized carbons (Fsp3) is 0. The molecule has 1 amide bonds. The number of carbonyl (C=O) groups is 1. The number of carbonyl (C=O) groups excluding carboxylic acids is 1. The highest BCUT2D eigenvalue weighted by atomic mass is 32.1. The molecule has 0 bridgehead atoms. The lowest BCUT2D eigenvalue weighted by Crippen LogP contribution is -1.97. The molecular weight excluding hydrogens is 196 g/mol. The van der Waals surface area contributed by atoms with Crippen LogP contribution in [0.2, 0.25) is 0 Å². The maximum atomic E-state index is 10.0. The van der Waals surface area contributed by atoms with Crippen molar-refractivity contribution < 1.29 is 4.79 Å². The van der Waals surface area contributed by atoms with E-state index in [1.165, 1.54) is 0 Å². The van der Waals surface area contributed by atoms with Crippen LogP contribution in [0.15, 0.2) is 29.9 Å². The molecule has 14 heavy (non-hydrogen) atoms. The molecule has 0 atom stereocenters. The average Bonchev–Trinajstić information content (AvgIpc) is 2.63. The number of hydrogen-bond acceptors (Lipinski definition) is 3. The maximum Gasteiger partial charge on any atom is 0.211 e. The predicted octanol–water partition coefficient (Wildman–Crippen LogP) is 2.01. The van der Waals surface area contributed by atoms with Crippen molar-refractivity contribution in [1.82, 2.24) is 10.3 Å². The summed E-state index contributed by atoms with van der Waals surface area (Å²) in [7, 11) is 0. The standard InChI is InChI=1S/C10H8N2OS/c13-7-11-5-3-8-6-14-10-9(8)2-1-4-12-10/h1-7H,(H,11,13)/b5-3-. The summed E-state index contributed by atoms with van der Waals surface area (Å²) in [4.78, 5) is 15.3. The molecule has 0 radical (unpaired) electrons. The first kappa shape index (κ1) is 8.90. The molecule has 70 valence electrons. The van der Waals surface area contributed by atoms with Crippen LogP contribution in [0.3, 0.4) is 0 Å². The highest BCUT2D eigenvalue weighted by Gasteiger charge is 1.99. The number of fused-ring (bicyclic) bond motifs is 1. The number of pyridine rings is 1. The minimum Gasteiger partial charge on any atom is -0.335 e. The Kier molecular flexibility index (Phi) is 2.55. The van der Waals surface area contributed by atoms with Gasteiger partial charge >= 0.3 is 0 Å². The van der Waals surface area contributed by atoms with Gasteiger partial charge < -0.3 is 5.32 Å². The van der Waals surface area contributed by atoms with Crippen LogP contribution in [0.25, 0.3) is 16.3 Å². The summed E-state index contributed by atoms with van der Waals surface area (Å²) >= 11 is 1.59. The summed E-state index contributed by atoms with van der Waals surface area (Å²) in [5, 5.41) is 5.60. The maximum absolute atomic E-state index is 10.0. The minimum absolute atomic E-state index is 0.642. The highest BCUT2D eigenvalue weighted by Crippen LogP contribution is 2.24. The third-order valence-corrected chi connectivity index (χ3v) is 2.73. The topological polar surface area (TPSA) is 42.0 Å². The van der Waals surface area contributed by atoms with Gasteiger partial charge in [0.1, 0.15) is 4.83 Å². The molecule has 0 aliphatic carbocycles. The van der Waals surface area contributed by atoms with Gasteiger partial charge in [-0.1, -0.05) is 0 Å². The second-order valence-corrected chi connectivity index (χ2v) is 3.52. The van der Waals surface area contributed by atoms with E-state index in [0.29, 0.717) is 6.41 Å². The molecule has 0 fully saturated rings. The monoisotopic (exact) mass is 204 g/mol. The molecule has 2 rings (SSSR count). The van der Waals surface area contributed by atoms with E-state index < -0.39 is 0 Å². The SMILES string of the molecule is O=CN/C=C\c1csc2ncccc12. The lowest BCUT2D eigenvalue weighted by molar-refractivity contribution is -0.108. The molecule has 2 aromatic heterocycles. The fourth-order valence-corrected chi connectivity index (χ4v) is 2.07. The molecule has 4 heteroatoms. The summed E-state index contributed by atoms with van der Waals surface area (Å²) in [5.74, 6) is 0. The van der Waals surface area contributed by atoms with Crippen LogP contribution < -0.4 is 5.32 Å². The van der Waals surface area contributed by atoms with Crippen molar-refractivity contribution in [2.75, 3.05) is 0 Å². The number of aromatic nitrogens is 1. The van der Waals surface area contributed by atoms with Crippen LogP contribution >= 0.6 is 11.3 Å². The number of rotatable bonds is 3. The van der Waals surface area contributed by atoms with Crippen molar-refractivity contribution >= 4 is 34.0 Å². The van der Waals surface area contributed by atoms with Gasteiger partial charge in [0.15, 0.2) is 0 Å². The molecular formula is C10H8N2OS. The zero-order chi connectivity index (χ0) is 9.80. The molecule has 2 aromatic rings. The summed E-state index contributed by atoms with van der Waals surface area (Å²) < 4.78 is 0. The number of thiophene rings is 1. The summed E-state index contributed by atoms with van der Waals surface area (Å²) in [6.07, 6.45) is 5.88. The van der Waals surface area contributed by atoms with E-state index in [1.807, 2.05) is 23.6 Å². The van der Waals surface area contributed by atoms with Gasteiger partial charge in [0.25, 0.3) is 0 Å². The predicted molar refractivity (Wildman–Crippen MR) is 57.9 cm³/mol. The van der Waals surface area contributed by atoms with Crippen molar-refractivity contribution in [1.29, 1.82) is 0 Å². The van der Waals surface area contributed by atoms with Gasteiger partial charge in [0.2, 0.25) is 6.41 Å². The number of hydrogen-bond donors (Lipinski definition) is 1. The first-order chi connectivity index (χ1) is 6.92. The second-order valence-electron chi connectivity index (χ2n) is 2.67. The number of amides is 1. The minimum atomic E-state index is 0.642. The Labute approximate surface area is 85.1 Å². The summed E-state index contributed by atoms with van der Waals surface area (Å²) in [5.41, 5.74) is 1.08. The van der Waals surface area contributed by atoms with E-state index in [0.717, 1.165) is 15.8 Å². The molecule has 0 spiro atoms. The van der Waals surface area contributed by atoms with Gasteiger partial charge in [-0.3, -0.25) is 4.79 Å². The smallest absolute Gasteiger partial charge is 0.211 e. The number of nitrogens with zero attached hydrogens (tertiary/aromatic N) is 1. The second kappa shape index (κ2) is 4.02. The Morgan fingerprint density at radius 1 is 1.50 bits per heavy atom. The van der Waals surface area contributed by atoms with E-state index >= 15 is 0 Å². The van der Waals surface area contributed by atoms with E-state index in [1.54, 1.807) is 23.7 Å². The Morgan fingerprint density at radius 2 is 2.43 bits per heavy atom. The Bertz CT molecular complexity index is 476. The van der Waals surface area contributed by atoms with E-state index in [-0.39, 0.29) is 0 Å². The molecule has 0 unspecified atom stereocenters. The van der Waals surface area contributed by atoms with Crippen LogP contribution in [0.1, 0.15) is 5.56 Å².